The molecule has 1 aliphatic rings. The number of nitriles is 1. The first-order valence-corrected chi connectivity index (χ1v) is 12.9. The maximum Gasteiger partial charge on any atom is 0.264 e. The lowest BCUT2D eigenvalue weighted by Crippen LogP contribution is -2.45. The van der Waals surface area contributed by atoms with Crippen LogP contribution in [0.4, 0.5) is 4.39 Å². The molecular weight excluding hydrogens is 491 g/mol. The molecule has 10 heteroatoms. The first kappa shape index (κ1) is 25.0. The summed E-state index contributed by atoms with van der Waals surface area (Å²) < 4.78 is 16.2. The fourth-order valence-corrected chi connectivity index (χ4v) is 5.74. The molecule has 4 aromatic rings. The van der Waals surface area contributed by atoms with Crippen LogP contribution in [0.5, 0.6) is 0 Å². The van der Waals surface area contributed by atoms with Crippen molar-refractivity contribution in [2.75, 3.05) is 13.1 Å². The van der Waals surface area contributed by atoms with E-state index < -0.39 is 11.4 Å². The van der Waals surface area contributed by atoms with Gasteiger partial charge >= 0.3 is 0 Å². The third-order valence-electron chi connectivity index (χ3n) is 6.31. The number of carbonyl (C=O) groups is 1. The Balaban J connectivity index is 1.59. The molecule has 37 heavy (non-hydrogen) atoms. The van der Waals surface area contributed by atoms with Crippen molar-refractivity contribution in [3.05, 3.63) is 59.0 Å². The number of piperidine rings is 1. The van der Waals surface area contributed by atoms with Crippen LogP contribution in [0.2, 0.25) is 0 Å². The minimum Gasteiger partial charge on any atom is -0.389 e. The average Bonchev–Trinajstić information content (AvgIpc) is 3.46. The SMILES string of the molecule is CC(C)(O)Cn1cc2cc(-c3sc(C(=O)N4CCC[C@@H](N)C4)cc3-c3ccc(C#N)c(F)c3)cnc2n1. The zero-order valence-electron chi connectivity index (χ0n) is 20.6. The standard InChI is InChI=1S/C27H27FN6O2S/c1-27(2,36)15-34-13-19-8-18(12-31-25(19)32-34)24-21(16-5-6-17(11-29)22(28)9-16)10-23(37-24)26(35)33-7-3-4-20(30)14-33/h5-6,8-10,12-13,20,36H,3-4,7,14-15,30H2,1-2H3/t20-/m1/s1. The Morgan fingerprint density at radius 3 is 2.84 bits per heavy atom. The summed E-state index contributed by atoms with van der Waals surface area (Å²) in [4.78, 5) is 21.0. The number of aliphatic hydroxyl groups is 1. The van der Waals surface area contributed by atoms with Crippen molar-refractivity contribution in [2.45, 2.75) is 44.9 Å². The largest absolute Gasteiger partial charge is 0.389 e. The minimum atomic E-state index is -0.933. The highest BCUT2D eigenvalue weighted by atomic mass is 32.1. The first-order valence-electron chi connectivity index (χ1n) is 12.1. The molecule has 0 unspecified atom stereocenters. The summed E-state index contributed by atoms with van der Waals surface area (Å²) in [7, 11) is 0. The molecule has 1 fully saturated rings. The number of halogens is 1. The fourth-order valence-electron chi connectivity index (χ4n) is 4.61. The zero-order valence-corrected chi connectivity index (χ0v) is 21.4. The van der Waals surface area contributed by atoms with Gasteiger partial charge in [0, 0.05) is 52.9 Å². The third kappa shape index (κ3) is 5.25. The summed E-state index contributed by atoms with van der Waals surface area (Å²) in [6, 6.07) is 9.96. The molecule has 0 radical (unpaired) electrons. The molecule has 0 spiro atoms. The molecule has 4 heterocycles. The molecule has 8 nitrogen and oxygen atoms in total. The maximum absolute atomic E-state index is 14.6. The summed E-state index contributed by atoms with van der Waals surface area (Å²) in [5.74, 6) is -0.720. The number of hydrogen-bond acceptors (Lipinski definition) is 7. The number of fused-ring (bicyclic) bond motifs is 1. The number of pyridine rings is 1. The molecule has 190 valence electrons. The zero-order chi connectivity index (χ0) is 26.3. The highest BCUT2D eigenvalue weighted by Crippen LogP contribution is 2.41. The molecule has 5 rings (SSSR count). The number of likely N-dealkylation sites (tertiary alicyclic amines) is 1. The highest BCUT2D eigenvalue weighted by molar-refractivity contribution is 7.18. The second kappa shape index (κ2) is 9.67. The van der Waals surface area contributed by atoms with Gasteiger partial charge in [0.1, 0.15) is 11.9 Å². The Bertz CT molecular complexity index is 1530. The quantitative estimate of drug-likeness (QED) is 0.409. The van der Waals surface area contributed by atoms with Crippen LogP contribution in [0.25, 0.3) is 32.6 Å². The molecule has 3 N–H and O–H groups in total. The van der Waals surface area contributed by atoms with Crippen LogP contribution in [0.15, 0.2) is 42.7 Å². The van der Waals surface area contributed by atoms with E-state index in [-0.39, 0.29) is 17.5 Å². The van der Waals surface area contributed by atoms with Crippen LogP contribution < -0.4 is 5.73 Å². The number of carbonyl (C=O) groups excluding carboxylic acids is 1. The Labute approximate surface area is 217 Å². The summed E-state index contributed by atoms with van der Waals surface area (Å²) in [5, 5.41) is 24.5. The van der Waals surface area contributed by atoms with Gasteiger partial charge in [0.05, 0.1) is 22.6 Å². The molecule has 0 saturated carbocycles. The fraction of sp³-hybridized carbons (Fsp3) is 0.333. The van der Waals surface area contributed by atoms with E-state index in [2.05, 4.69) is 10.1 Å². The summed E-state index contributed by atoms with van der Waals surface area (Å²) in [6.45, 7) is 4.88. The van der Waals surface area contributed by atoms with Gasteiger partial charge in [-0.3, -0.25) is 9.48 Å². The summed E-state index contributed by atoms with van der Waals surface area (Å²) in [5.41, 5.74) is 7.67. The van der Waals surface area contributed by atoms with E-state index in [1.165, 1.54) is 23.5 Å². The lowest BCUT2D eigenvalue weighted by molar-refractivity contribution is 0.0579. The van der Waals surface area contributed by atoms with E-state index in [1.807, 2.05) is 18.3 Å². The topological polar surface area (TPSA) is 121 Å². The van der Waals surface area contributed by atoms with E-state index >= 15 is 0 Å². The molecule has 1 atom stereocenters. The van der Waals surface area contributed by atoms with Crippen molar-refractivity contribution in [3.63, 3.8) is 0 Å². The number of benzene rings is 1. The van der Waals surface area contributed by atoms with Crippen molar-refractivity contribution in [1.29, 1.82) is 5.26 Å². The highest BCUT2D eigenvalue weighted by Gasteiger charge is 2.26. The molecule has 1 amide bonds. The molecule has 0 bridgehead atoms. The number of hydrogen-bond donors (Lipinski definition) is 2. The van der Waals surface area contributed by atoms with E-state index in [0.29, 0.717) is 41.3 Å². The van der Waals surface area contributed by atoms with E-state index in [9.17, 15) is 14.3 Å². The summed E-state index contributed by atoms with van der Waals surface area (Å²) >= 11 is 1.32. The van der Waals surface area contributed by atoms with Gasteiger partial charge in [-0.25, -0.2) is 9.37 Å². The number of nitrogens with zero attached hydrogens (tertiary/aromatic N) is 5. The monoisotopic (exact) mass is 518 g/mol. The second-order valence-electron chi connectivity index (χ2n) is 10.1. The predicted molar refractivity (Wildman–Crippen MR) is 140 cm³/mol. The number of amides is 1. The van der Waals surface area contributed by atoms with Gasteiger partial charge in [-0.2, -0.15) is 10.4 Å². The average molecular weight is 519 g/mol. The van der Waals surface area contributed by atoms with Gasteiger partial charge in [0.2, 0.25) is 0 Å². The van der Waals surface area contributed by atoms with Gasteiger partial charge in [0.15, 0.2) is 5.65 Å². The number of thiophene rings is 1. The van der Waals surface area contributed by atoms with E-state index in [0.717, 1.165) is 28.7 Å². The second-order valence-corrected chi connectivity index (χ2v) is 11.1. The number of aromatic nitrogens is 3. The van der Waals surface area contributed by atoms with Crippen molar-refractivity contribution in [1.82, 2.24) is 19.7 Å². The van der Waals surface area contributed by atoms with Crippen molar-refractivity contribution >= 4 is 28.3 Å². The van der Waals surface area contributed by atoms with Crippen LogP contribution in [0, 0.1) is 17.1 Å². The Morgan fingerprint density at radius 1 is 1.32 bits per heavy atom. The molecular formula is C27H27FN6O2S. The normalized spacial score (nSPS) is 16.2. The van der Waals surface area contributed by atoms with E-state index in [1.54, 1.807) is 41.8 Å². The van der Waals surface area contributed by atoms with Crippen LogP contribution in [-0.2, 0) is 6.54 Å². The minimum absolute atomic E-state index is 0.0403. The van der Waals surface area contributed by atoms with Gasteiger partial charge in [0.25, 0.3) is 5.91 Å². The smallest absolute Gasteiger partial charge is 0.264 e. The molecule has 3 aromatic heterocycles. The van der Waals surface area contributed by atoms with Crippen LogP contribution in [-0.4, -0.2) is 55.4 Å². The van der Waals surface area contributed by atoms with Crippen molar-refractivity contribution in [3.8, 4) is 27.6 Å². The lowest BCUT2D eigenvalue weighted by Gasteiger charge is -2.30. The van der Waals surface area contributed by atoms with E-state index in [4.69, 9.17) is 11.0 Å². The van der Waals surface area contributed by atoms with Gasteiger partial charge in [-0.15, -0.1) is 11.3 Å². The maximum atomic E-state index is 14.6. The van der Waals surface area contributed by atoms with Gasteiger partial charge in [-0.1, -0.05) is 6.07 Å². The molecule has 0 aliphatic carbocycles. The van der Waals surface area contributed by atoms with Crippen molar-refractivity contribution in [2.24, 2.45) is 5.73 Å². The molecule has 1 aromatic carbocycles. The van der Waals surface area contributed by atoms with Gasteiger partial charge < -0.3 is 15.7 Å². The Morgan fingerprint density at radius 2 is 2.14 bits per heavy atom. The molecule has 1 saturated heterocycles. The van der Waals surface area contributed by atoms with Gasteiger partial charge in [-0.05, 0) is 56.5 Å². The predicted octanol–water partition coefficient (Wildman–Crippen LogP) is 4.17. The third-order valence-corrected chi connectivity index (χ3v) is 7.48. The Kier molecular flexibility index (Phi) is 6.54. The number of nitrogens with two attached hydrogens (primary N) is 1. The van der Waals surface area contributed by atoms with Crippen LogP contribution >= 0.6 is 11.3 Å². The lowest BCUT2D eigenvalue weighted by atomic mass is 10.0. The van der Waals surface area contributed by atoms with Crippen LogP contribution in [0.3, 0.4) is 0 Å². The molecule has 1 aliphatic heterocycles. The van der Waals surface area contributed by atoms with Crippen LogP contribution in [0.1, 0.15) is 41.9 Å². The number of rotatable bonds is 5. The Hall–Kier alpha value is -3.65. The first-order chi connectivity index (χ1) is 17.6. The van der Waals surface area contributed by atoms with Crippen molar-refractivity contribution < 1.29 is 14.3 Å². The summed E-state index contributed by atoms with van der Waals surface area (Å²) in [6.07, 6.45) is 5.25.